The molecular weight excluding hydrogens is 236 g/mol. The molecule has 1 N–H and O–H groups in total. The van der Waals surface area contributed by atoms with Gasteiger partial charge in [-0.25, -0.2) is 4.98 Å². The van der Waals surface area contributed by atoms with E-state index in [1.54, 1.807) is 0 Å². The zero-order valence-electron chi connectivity index (χ0n) is 12.2. The van der Waals surface area contributed by atoms with Crippen LogP contribution in [0.3, 0.4) is 0 Å². The van der Waals surface area contributed by atoms with Gasteiger partial charge in [0, 0.05) is 18.8 Å². The summed E-state index contributed by atoms with van der Waals surface area (Å²) in [5.74, 6) is 1.44. The first-order chi connectivity index (χ1) is 9.29. The largest absolute Gasteiger partial charge is 0.474 e. The Kier molecular flexibility index (Phi) is 5.64. The summed E-state index contributed by atoms with van der Waals surface area (Å²) in [4.78, 5) is 4.35. The summed E-state index contributed by atoms with van der Waals surface area (Å²) >= 11 is 0. The zero-order chi connectivity index (χ0) is 13.5. The van der Waals surface area contributed by atoms with Crippen LogP contribution in [0.5, 0.6) is 5.88 Å². The van der Waals surface area contributed by atoms with Crippen LogP contribution in [0, 0.1) is 5.92 Å². The van der Waals surface area contributed by atoms with E-state index in [9.17, 15) is 0 Å². The van der Waals surface area contributed by atoms with Gasteiger partial charge in [0.2, 0.25) is 5.88 Å². The van der Waals surface area contributed by atoms with E-state index in [2.05, 4.69) is 36.3 Å². The normalized spacial score (nSPS) is 23.3. The summed E-state index contributed by atoms with van der Waals surface area (Å²) in [6.07, 6.45) is 8.44. The van der Waals surface area contributed by atoms with E-state index < -0.39 is 0 Å². The van der Waals surface area contributed by atoms with Crippen LogP contribution >= 0.6 is 0 Å². The Morgan fingerprint density at radius 1 is 1.37 bits per heavy atom. The summed E-state index contributed by atoms with van der Waals surface area (Å²) in [6.45, 7) is 6.42. The van der Waals surface area contributed by atoms with Crippen molar-refractivity contribution in [2.75, 3.05) is 6.54 Å². The van der Waals surface area contributed by atoms with Gasteiger partial charge in [0.25, 0.3) is 0 Å². The molecule has 1 saturated carbocycles. The average molecular weight is 262 g/mol. The van der Waals surface area contributed by atoms with Gasteiger partial charge < -0.3 is 10.1 Å². The number of rotatable bonds is 6. The Hall–Kier alpha value is -1.09. The molecule has 2 atom stereocenters. The van der Waals surface area contributed by atoms with Crippen molar-refractivity contribution in [1.29, 1.82) is 0 Å². The van der Waals surface area contributed by atoms with E-state index in [1.807, 2.05) is 6.20 Å². The highest BCUT2D eigenvalue weighted by atomic mass is 16.5. The fraction of sp³-hybridized carbons (Fsp3) is 0.688. The molecule has 0 radical (unpaired) electrons. The highest BCUT2D eigenvalue weighted by molar-refractivity contribution is 5.20. The zero-order valence-corrected chi connectivity index (χ0v) is 12.2. The number of hydrogen-bond acceptors (Lipinski definition) is 3. The lowest BCUT2D eigenvalue weighted by atomic mass is 9.88. The maximum atomic E-state index is 6.08. The molecule has 3 heteroatoms. The van der Waals surface area contributed by atoms with Crippen LogP contribution in [-0.4, -0.2) is 17.6 Å². The van der Waals surface area contributed by atoms with Crippen LogP contribution in [0.15, 0.2) is 18.3 Å². The Balaban J connectivity index is 1.90. The molecule has 2 unspecified atom stereocenters. The summed E-state index contributed by atoms with van der Waals surface area (Å²) in [6, 6.07) is 4.13. The second-order valence-corrected chi connectivity index (χ2v) is 5.60. The van der Waals surface area contributed by atoms with Crippen molar-refractivity contribution >= 4 is 0 Å². The number of nitrogens with one attached hydrogen (secondary N) is 1. The van der Waals surface area contributed by atoms with E-state index in [0.29, 0.717) is 12.0 Å². The summed E-state index contributed by atoms with van der Waals surface area (Å²) in [5.41, 5.74) is 1.25. The minimum absolute atomic E-state index is 0.347. The molecule has 0 saturated heterocycles. The minimum atomic E-state index is 0.347. The van der Waals surface area contributed by atoms with E-state index in [4.69, 9.17) is 4.74 Å². The van der Waals surface area contributed by atoms with Crippen LogP contribution in [0.4, 0.5) is 0 Å². The predicted octanol–water partition coefficient (Wildman–Crippen LogP) is 3.54. The number of nitrogens with zero attached hydrogens (tertiary/aromatic N) is 1. The smallest absolute Gasteiger partial charge is 0.213 e. The molecule has 19 heavy (non-hydrogen) atoms. The third-order valence-electron chi connectivity index (χ3n) is 3.86. The van der Waals surface area contributed by atoms with Crippen LogP contribution in [0.2, 0.25) is 0 Å². The first kappa shape index (κ1) is 14.3. The van der Waals surface area contributed by atoms with Crippen LogP contribution in [-0.2, 0) is 6.54 Å². The Morgan fingerprint density at radius 3 is 3.00 bits per heavy atom. The quantitative estimate of drug-likeness (QED) is 0.796. The van der Waals surface area contributed by atoms with E-state index >= 15 is 0 Å². The van der Waals surface area contributed by atoms with Crippen molar-refractivity contribution in [2.45, 2.75) is 58.6 Å². The Bertz CT molecular complexity index is 381. The number of hydrogen-bond donors (Lipinski definition) is 1. The first-order valence-electron chi connectivity index (χ1n) is 7.62. The maximum Gasteiger partial charge on any atom is 0.213 e. The highest BCUT2D eigenvalue weighted by Crippen LogP contribution is 2.27. The van der Waals surface area contributed by atoms with Gasteiger partial charge in [-0.1, -0.05) is 20.3 Å². The number of aromatic nitrogens is 1. The molecule has 0 aromatic carbocycles. The van der Waals surface area contributed by atoms with Crippen molar-refractivity contribution in [2.24, 2.45) is 5.92 Å². The van der Waals surface area contributed by atoms with Crippen molar-refractivity contribution in [3.63, 3.8) is 0 Å². The van der Waals surface area contributed by atoms with Gasteiger partial charge in [-0.15, -0.1) is 0 Å². The van der Waals surface area contributed by atoms with Crippen molar-refractivity contribution in [1.82, 2.24) is 10.3 Å². The number of pyridine rings is 1. The minimum Gasteiger partial charge on any atom is -0.474 e. The molecule has 0 amide bonds. The van der Waals surface area contributed by atoms with Gasteiger partial charge in [-0.2, -0.15) is 0 Å². The monoisotopic (exact) mass is 262 g/mol. The van der Waals surface area contributed by atoms with E-state index in [1.165, 1.54) is 31.2 Å². The molecule has 1 aliphatic carbocycles. The van der Waals surface area contributed by atoms with Crippen LogP contribution in [0.25, 0.3) is 0 Å². The topological polar surface area (TPSA) is 34.2 Å². The summed E-state index contributed by atoms with van der Waals surface area (Å²) in [5, 5.41) is 3.41. The summed E-state index contributed by atoms with van der Waals surface area (Å²) in [7, 11) is 0. The molecule has 1 heterocycles. The predicted molar refractivity (Wildman–Crippen MR) is 78.3 cm³/mol. The lowest BCUT2D eigenvalue weighted by molar-refractivity contribution is 0.0975. The van der Waals surface area contributed by atoms with E-state index in [-0.39, 0.29) is 0 Å². The average Bonchev–Trinajstić information content (AvgIpc) is 2.42. The molecular formula is C16H26N2O. The fourth-order valence-electron chi connectivity index (χ4n) is 2.65. The molecule has 1 aromatic rings. The van der Waals surface area contributed by atoms with E-state index in [0.717, 1.165) is 25.4 Å². The van der Waals surface area contributed by atoms with Gasteiger partial charge in [0.1, 0.15) is 6.10 Å². The standard InChI is InChI=1S/C16H26N2O/c1-3-9-17-12-14-8-10-18-16(11-14)19-15-7-5-4-6-13(15)2/h8,10-11,13,15,17H,3-7,9,12H2,1-2H3. The molecule has 1 aromatic heterocycles. The lowest BCUT2D eigenvalue weighted by Crippen LogP contribution is -2.28. The molecule has 0 aliphatic heterocycles. The molecule has 1 aliphatic rings. The molecule has 0 spiro atoms. The Morgan fingerprint density at radius 2 is 2.21 bits per heavy atom. The van der Waals surface area contributed by atoms with Gasteiger partial charge in [0.05, 0.1) is 0 Å². The number of ether oxygens (including phenoxy) is 1. The van der Waals surface area contributed by atoms with Crippen LogP contribution < -0.4 is 10.1 Å². The lowest BCUT2D eigenvalue weighted by Gasteiger charge is -2.28. The SMILES string of the molecule is CCCNCc1ccnc(OC2CCCCC2C)c1. The van der Waals surface area contributed by atoms with Crippen molar-refractivity contribution in [3.8, 4) is 5.88 Å². The Labute approximate surface area is 116 Å². The molecule has 0 bridgehead atoms. The molecule has 1 fully saturated rings. The van der Waals surface area contributed by atoms with Gasteiger partial charge in [0.15, 0.2) is 0 Å². The van der Waals surface area contributed by atoms with Gasteiger partial charge >= 0.3 is 0 Å². The first-order valence-corrected chi connectivity index (χ1v) is 7.62. The molecule has 3 nitrogen and oxygen atoms in total. The molecule has 106 valence electrons. The second-order valence-electron chi connectivity index (χ2n) is 5.60. The van der Waals surface area contributed by atoms with Crippen molar-refractivity contribution in [3.05, 3.63) is 23.9 Å². The highest BCUT2D eigenvalue weighted by Gasteiger charge is 2.23. The molecule has 2 rings (SSSR count). The summed E-state index contributed by atoms with van der Waals surface area (Å²) < 4.78 is 6.08. The van der Waals surface area contributed by atoms with Gasteiger partial charge in [-0.3, -0.25) is 0 Å². The fourth-order valence-corrected chi connectivity index (χ4v) is 2.65. The van der Waals surface area contributed by atoms with Crippen LogP contribution in [0.1, 0.15) is 51.5 Å². The third kappa shape index (κ3) is 4.50. The third-order valence-corrected chi connectivity index (χ3v) is 3.86. The van der Waals surface area contributed by atoms with Crippen molar-refractivity contribution < 1.29 is 4.74 Å². The second kappa shape index (κ2) is 7.49. The van der Waals surface area contributed by atoms with Gasteiger partial charge in [-0.05, 0) is 49.8 Å². The maximum absolute atomic E-state index is 6.08.